The van der Waals surface area contributed by atoms with Crippen molar-refractivity contribution in [3.05, 3.63) is 42.5 Å². The fourth-order valence-corrected chi connectivity index (χ4v) is 1.28. The smallest absolute Gasteiger partial charge is 0.222 e. The van der Waals surface area contributed by atoms with E-state index < -0.39 is 0 Å². The van der Waals surface area contributed by atoms with Crippen LogP contribution in [0.4, 0.5) is 11.6 Å². The van der Waals surface area contributed by atoms with Crippen LogP contribution in [0.15, 0.2) is 36.9 Å². The minimum Gasteiger partial charge on any atom is -0.398 e. The molecule has 1 aromatic heterocycles. The maximum absolute atomic E-state index is 5.72. The third kappa shape index (κ3) is 4.46. The van der Waals surface area contributed by atoms with Gasteiger partial charge in [0.05, 0.1) is 0 Å². The molecule has 1 aromatic carbocycles. The molecular weight excluding hydrogens is 214 g/mol. The lowest BCUT2D eigenvalue weighted by atomic mass is 10.0. The predicted octanol–water partition coefficient (Wildman–Crippen LogP) is 1.85. The quantitative estimate of drug-likeness (QED) is 0.731. The summed E-state index contributed by atoms with van der Waals surface area (Å²) in [5.41, 5.74) is 13.0. The van der Waals surface area contributed by atoms with Gasteiger partial charge in [0.15, 0.2) is 0 Å². The molecule has 0 aliphatic heterocycles. The lowest BCUT2D eigenvalue weighted by molar-refractivity contribution is 0.870. The molecule has 17 heavy (non-hydrogen) atoms. The van der Waals surface area contributed by atoms with Crippen LogP contribution in [0, 0.1) is 0 Å². The molecule has 0 atom stereocenters. The Bertz CT molecular complexity index is 442. The molecule has 90 valence electrons. The zero-order valence-corrected chi connectivity index (χ0v) is 10.0. The summed E-state index contributed by atoms with van der Waals surface area (Å²) in [5.74, 6) is 0.788. The van der Waals surface area contributed by atoms with Crippen molar-refractivity contribution in [2.75, 3.05) is 11.5 Å². The zero-order valence-electron chi connectivity index (χ0n) is 10.0. The molecule has 2 aromatic rings. The van der Waals surface area contributed by atoms with Crippen molar-refractivity contribution in [3.63, 3.8) is 0 Å². The van der Waals surface area contributed by atoms with Crippen molar-refractivity contribution in [2.45, 2.75) is 19.8 Å². The first-order valence-corrected chi connectivity index (χ1v) is 5.33. The number of benzene rings is 1. The number of para-hydroxylation sites is 1. The summed E-state index contributed by atoms with van der Waals surface area (Å²) in [6.45, 7) is 4.29. The molecule has 5 nitrogen and oxygen atoms in total. The number of nitrogen functional groups attached to an aromatic ring is 2. The monoisotopic (exact) mass is 231 g/mol. The van der Waals surface area contributed by atoms with Crippen LogP contribution in [0.2, 0.25) is 0 Å². The first kappa shape index (κ1) is 12.9. The normalized spacial score (nSPS) is 9.59. The molecule has 5 heteroatoms. The second-order valence-electron chi connectivity index (χ2n) is 3.78. The maximum atomic E-state index is 5.72. The molecule has 4 N–H and O–H groups in total. The van der Waals surface area contributed by atoms with Crippen molar-refractivity contribution in [3.8, 4) is 0 Å². The highest BCUT2D eigenvalue weighted by atomic mass is 15.0. The summed E-state index contributed by atoms with van der Waals surface area (Å²) < 4.78 is 0. The highest BCUT2D eigenvalue weighted by Crippen LogP contribution is 2.19. The van der Waals surface area contributed by atoms with Gasteiger partial charge in [-0.15, -0.1) is 0 Å². The van der Waals surface area contributed by atoms with Gasteiger partial charge in [0, 0.05) is 5.69 Å². The van der Waals surface area contributed by atoms with Gasteiger partial charge in [0.1, 0.15) is 12.7 Å². The molecule has 0 saturated heterocycles. The number of aromatic nitrogens is 3. The van der Waals surface area contributed by atoms with E-state index in [-0.39, 0.29) is 5.95 Å². The summed E-state index contributed by atoms with van der Waals surface area (Å²) in [5, 5.41) is 0. The van der Waals surface area contributed by atoms with E-state index in [0.29, 0.717) is 5.92 Å². The maximum Gasteiger partial charge on any atom is 0.222 e. The largest absolute Gasteiger partial charge is 0.398 e. The van der Waals surface area contributed by atoms with E-state index in [2.05, 4.69) is 34.9 Å². The second kappa shape index (κ2) is 6.42. The van der Waals surface area contributed by atoms with E-state index >= 15 is 0 Å². The molecule has 2 rings (SSSR count). The van der Waals surface area contributed by atoms with E-state index in [1.165, 1.54) is 18.2 Å². The van der Waals surface area contributed by atoms with Crippen LogP contribution < -0.4 is 11.5 Å². The Morgan fingerprint density at radius 2 is 1.59 bits per heavy atom. The second-order valence-corrected chi connectivity index (χ2v) is 3.78. The van der Waals surface area contributed by atoms with Gasteiger partial charge >= 0.3 is 0 Å². The number of hydrogen-bond donors (Lipinski definition) is 2. The average molecular weight is 231 g/mol. The third-order valence-electron chi connectivity index (χ3n) is 2.13. The molecule has 0 bridgehead atoms. The molecule has 0 saturated carbocycles. The first-order chi connectivity index (χ1) is 8.11. The standard InChI is InChI=1S/C9H13N.C3H4N4/c1-7(2)8-5-3-4-6-9(8)10;4-3-6-1-5-2-7-3/h3-7H,10H2,1-2H3;1-2H,(H2,4,5,6,7). The Morgan fingerprint density at radius 1 is 1.00 bits per heavy atom. The molecule has 0 unspecified atom stereocenters. The summed E-state index contributed by atoms with van der Waals surface area (Å²) in [4.78, 5) is 10.6. The van der Waals surface area contributed by atoms with Gasteiger partial charge in [-0.25, -0.2) is 15.0 Å². The van der Waals surface area contributed by atoms with Crippen LogP contribution in [-0.2, 0) is 0 Å². The van der Waals surface area contributed by atoms with E-state index in [0.717, 1.165) is 5.69 Å². The fourth-order valence-electron chi connectivity index (χ4n) is 1.28. The Labute approximate surface area is 101 Å². The third-order valence-corrected chi connectivity index (χ3v) is 2.13. The molecule has 1 heterocycles. The highest BCUT2D eigenvalue weighted by molar-refractivity contribution is 5.47. The Balaban J connectivity index is 0.000000181. The van der Waals surface area contributed by atoms with Crippen molar-refractivity contribution in [2.24, 2.45) is 0 Å². The minimum atomic E-state index is 0.259. The van der Waals surface area contributed by atoms with Crippen molar-refractivity contribution in [1.29, 1.82) is 0 Å². The van der Waals surface area contributed by atoms with Gasteiger partial charge in [0.25, 0.3) is 0 Å². The van der Waals surface area contributed by atoms with Crippen LogP contribution >= 0.6 is 0 Å². The zero-order chi connectivity index (χ0) is 12.7. The molecule has 0 radical (unpaired) electrons. The summed E-state index contributed by atoms with van der Waals surface area (Å²) in [7, 11) is 0. The molecule has 0 aliphatic carbocycles. The summed E-state index contributed by atoms with van der Waals surface area (Å²) >= 11 is 0. The number of nitrogens with two attached hydrogens (primary N) is 2. The molecular formula is C12H17N5. The van der Waals surface area contributed by atoms with Crippen LogP contribution in [0.5, 0.6) is 0 Å². The SMILES string of the molecule is CC(C)c1ccccc1N.Nc1ncncn1. The van der Waals surface area contributed by atoms with Crippen LogP contribution in [-0.4, -0.2) is 15.0 Å². The van der Waals surface area contributed by atoms with Gasteiger partial charge in [0.2, 0.25) is 5.95 Å². The average Bonchev–Trinajstić information content (AvgIpc) is 2.31. The van der Waals surface area contributed by atoms with Crippen LogP contribution in [0.1, 0.15) is 25.3 Å². The van der Waals surface area contributed by atoms with E-state index in [1.807, 2.05) is 18.2 Å². The van der Waals surface area contributed by atoms with Gasteiger partial charge in [-0.3, -0.25) is 0 Å². The van der Waals surface area contributed by atoms with Gasteiger partial charge in [-0.2, -0.15) is 0 Å². The summed E-state index contributed by atoms with van der Waals surface area (Å²) in [6.07, 6.45) is 2.70. The van der Waals surface area contributed by atoms with Gasteiger partial charge < -0.3 is 11.5 Å². The van der Waals surface area contributed by atoms with Crippen molar-refractivity contribution >= 4 is 11.6 Å². The predicted molar refractivity (Wildman–Crippen MR) is 69.2 cm³/mol. The van der Waals surface area contributed by atoms with E-state index in [1.54, 1.807) is 0 Å². The van der Waals surface area contributed by atoms with E-state index in [9.17, 15) is 0 Å². The highest BCUT2D eigenvalue weighted by Gasteiger charge is 2.00. The van der Waals surface area contributed by atoms with Crippen LogP contribution in [0.3, 0.4) is 0 Å². The molecule has 0 fully saturated rings. The molecule has 0 spiro atoms. The first-order valence-electron chi connectivity index (χ1n) is 5.33. The Morgan fingerprint density at radius 3 is 1.94 bits per heavy atom. The lowest BCUT2D eigenvalue weighted by Crippen LogP contribution is -1.94. The Kier molecular flexibility index (Phi) is 4.87. The minimum absolute atomic E-state index is 0.259. The summed E-state index contributed by atoms with van der Waals surface area (Å²) in [6, 6.07) is 7.99. The van der Waals surface area contributed by atoms with Crippen molar-refractivity contribution in [1.82, 2.24) is 15.0 Å². The van der Waals surface area contributed by atoms with Gasteiger partial charge in [-0.1, -0.05) is 32.0 Å². The number of hydrogen-bond acceptors (Lipinski definition) is 5. The van der Waals surface area contributed by atoms with Gasteiger partial charge in [-0.05, 0) is 17.5 Å². The number of rotatable bonds is 1. The number of nitrogens with zero attached hydrogens (tertiary/aromatic N) is 3. The van der Waals surface area contributed by atoms with Crippen LogP contribution in [0.25, 0.3) is 0 Å². The van der Waals surface area contributed by atoms with Crippen molar-refractivity contribution < 1.29 is 0 Å². The number of anilines is 2. The Hall–Kier alpha value is -2.17. The lowest BCUT2D eigenvalue weighted by Gasteiger charge is -2.07. The fraction of sp³-hybridized carbons (Fsp3) is 0.250. The molecule has 0 amide bonds. The topological polar surface area (TPSA) is 90.7 Å². The molecule has 0 aliphatic rings. The van der Waals surface area contributed by atoms with E-state index in [4.69, 9.17) is 11.5 Å².